The number of likely N-dealkylation sites (tertiary alicyclic amines) is 1. The van der Waals surface area contributed by atoms with Crippen molar-refractivity contribution in [3.05, 3.63) is 12.7 Å². The van der Waals surface area contributed by atoms with Crippen LogP contribution in [0.2, 0.25) is 0 Å². The highest BCUT2D eigenvalue weighted by Gasteiger charge is 2.45. The lowest BCUT2D eigenvalue weighted by atomic mass is 9.84. The van der Waals surface area contributed by atoms with Crippen molar-refractivity contribution < 1.29 is 0 Å². The zero-order chi connectivity index (χ0) is 12.1. The molecule has 1 N–H and O–H groups in total. The van der Waals surface area contributed by atoms with Gasteiger partial charge in [-0.2, -0.15) is 0 Å². The quantitative estimate of drug-likeness (QED) is 0.713. The van der Waals surface area contributed by atoms with E-state index in [0.717, 1.165) is 13.0 Å². The minimum absolute atomic E-state index is 0.445. The van der Waals surface area contributed by atoms with E-state index >= 15 is 0 Å². The van der Waals surface area contributed by atoms with Gasteiger partial charge in [-0.25, -0.2) is 0 Å². The highest BCUT2D eigenvalue weighted by Crippen LogP contribution is 2.41. The van der Waals surface area contributed by atoms with Crippen LogP contribution in [0.5, 0.6) is 0 Å². The fraction of sp³-hybridized carbons (Fsp3) is 0.867. The van der Waals surface area contributed by atoms with Gasteiger partial charge in [0.2, 0.25) is 0 Å². The Kier molecular flexibility index (Phi) is 4.63. The predicted molar refractivity (Wildman–Crippen MR) is 74.3 cm³/mol. The number of nitrogens with one attached hydrogen (secondary N) is 1. The lowest BCUT2D eigenvalue weighted by Gasteiger charge is -2.45. The molecule has 2 nitrogen and oxygen atoms in total. The molecule has 1 aliphatic heterocycles. The van der Waals surface area contributed by atoms with Gasteiger partial charge in [-0.15, -0.1) is 6.58 Å². The zero-order valence-corrected chi connectivity index (χ0v) is 11.4. The first-order valence-corrected chi connectivity index (χ1v) is 7.43. The Bertz CT molecular complexity index is 237. The van der Waals surface area contributed by atoms with E-state index in [-0.39, 0.29) is 0 Å². The number of likely N-dealkylation sites (N-methyl/N-ethyl adjacent to an activating group) is 1. The zero-order valence-electron chi connectivity index (χ0n) is 11.4. The summed E-state index contributed by atoms with van der Waals surface area (Å²) in [4.78, 5) is 2.79. The van der Waals surface area contributed by atoms with E-state index in [1.807, 2.05) is 0 Å². The van der Waals surface area contributed by atoms with Crippen LogP contribution in [0.15, 0.2) is 12.7 Å². The van der Waals surface area contributed by atoms with Gasteiger partial charge in [-0.1, -0.05) is 25.8 Å². The molecule has 0 radical (unpaired) electrons. The second kappa shape index (κ2) is 6.01. The molecule has 0 spiro atoms. The fourth-order valence-electron chi connectivity index (χ4n) is 3.94. The number of rotatable bonds is 6. The maximum Gasteiger partial charge on any atom is 0.0365 e. The highest BCUT2D eigenvalue weighted by atomic mass is 15.2. The van der Waals surface area contributed by atoms with Crippen molar-refractivity contribution in [1.82, 2.24) is 10.2 Å². The van der Waals surface area contributed by atoms with Gasteiger partial charge in [0.25, 0.3) is 0 Å². The highest BCUT2D eigenvalue weighted by molar-refractivity contribution is 5.06. The summed E-state index contributed by atoms with van der Waals surface area (Å²) in [6.07, 6.45) is 11.6. The average molecular weight is 236 g/mol. The molecule has 1 aliphatic carbocycles. The molecule has 0 amide bonds. The molecule has 1 unspecified atom stereocenters. The van der Waals surface area contributed by atoms with E-state index in [0.29, 0.717) is 11.6 Å². The van der Waals surface area contributed by atoms with Crippen molar-refractivity contribution in [2.24, 2.45) is 0 Å². The van der Waals surface area contributed by atoms with E-state index in [4.69, 9.17) is 0 Å². The Labute approximate surface area is 106 Å². The monoisotopic (exact) mass is 236 g/mol. The van der Waals surface area contributed by atoms with Gasteiger partial charge in [-0.05, 0) is 51.7 Å². The topological polar surface area (TPSA) is 15.3 Å². The second-order valence-corrected chi connectivity index (χ2v) is 5.64. The Balaban J connectivity index is 2.14. The lowest BCUT2D eigenvalue weighted by molar-refractivity contribution is 0.0783. The third-order valence-corrected chi connectivity index (χ3v) is 4.71. The fourth-order valence-corrected chi connectivity index (χ4v) is 3.94. The van der Waals surface area contributed by atoms with Crippen molar-refractivity contribution in [3.63, 3.8) is 0 Å². The van der Waals surface area contributed by atoms with Crippen LogP contribution in [0.4, 0.5) is 0 Å². The molecule has 2 aliphatic rings. The second-order valence-electron chi connectivity index (χ2n) is 5.64. The Morgan fingerprint density at radius 1 is 1.24 bits per heavy atom. The van der Waals surface area contributed by atoms with Gasteiger partial charge < -0.3 is 5.32 Å². The standard InChI is InChI=1S/C15H28N2/c1-3-9-14(16-4-2)15(10-5-6-11-15)17-12-7-8-13-17/h3,14,16H,1,4-13H2,2H3. The van der Waals surface area contributed by atoms with Gasteiger partial charge in [0.05, 0.1) is 0 Å². The minimum atomic E-state index is 0.445. The van der Waals surface area contributed by atoms with E-state index < -0.39 is 0 Å². The minimum Gasteiger partial charge on any atom is -0.312 e. The first-order valence-electron chi connectivity index (χ1n) is 7.43. The van der Waals surface area contributed by atoms with Crippen LogP contribution in [0, 0.1) is 0 Å². The average Bonchev–Trinajstić information content (AvgIpc) is 3.00. The van der Waals surface area contributed by atoms with Crippen molar-refractivity contribution >= 4 is 0 Å². The van der Waals surface area contributed by atoms with Crippen LogP contribution >= 0.6 is 0 Å². The maximum absolute atomic E-state index is 3.95. The van der Waals surface area contributed by atoms with Crippen LogP contribution in [-0.4, -0.2) is 36.1 Å². The molecule has 1 saturated heterocycles. The number of hydrogen-bond donors (Lipinski definition) is 1. The number of nitrogens with zero attached hydrogens (tertiary/aromatic N) is 1. The third kappa shape index (κ3) is 2.58. The molecule has 0 aromatic carbocycles. The summed E-state index contributed by atoms with van der Waals surface area (Å²) in [5, 5.41) is 3.73. The normalized spacial score (nSPS) is 26.2. The van der Waals surface area contributed by atoms with Crippen LogP contribution < -0.4 is 5.32 Å². The molecule has 2 fully saturated rings. The van der Waals surface area contributed by atoms with Gasteiger partial charge in [0, 0.05) is 11.6 Å². The third-order valence-electron chi connectivity index (χ3n) is 4.71. The first kappa shape index (κ1) is 13.1. The lowest BCUT2D eigenvalue weighted by Crippen LogP contribution is -2.59. The molecule has 0 aromatic heterocycles. The van der Waals surface area contributed by atoms with Crippen LogP contribution in [0.1, 0.15) is 51.9 Å². The SMILES string of the molecule is C=CCC(NCC)C1(N2CCCC2)CCCC1. The van der Waals surface area contributed by atoms with Crippen molar-refractivity contribution in [2.45, 2.75) is 63.5 Å². The van der Waals surface area contributed by atoms with Gasteiger partial charge in [0.15, 0.2) is 0 Å². The Hall–Kier alpha value is -0.340. The Morgan fingerprint density at radius 3 is 2.41 bits per heavy atom. The van der Waals surface area contributed by atoms with E-state index in [9.17, 15) is 0 Å². The summed E-state index contributed by atoms with van der Waals surface area (Å²) < 4.78 is 0. The van der Waals surface area contributed by atoms with Crippen LogP contribution in [0.25, 0.3) is 0 Å². The number of hydrogen-bond acceptors (Lipinski definition) is 2. The van der Waals surface area contributed by atoms with Crippen molar-refractivity contribution in [2.75, 3.05) is 19.6 Å². The molecule has 0 bridgehead atoms. The summed E-state index contributed by atoms with van der Waals surface area (Å²) in [5.41, 5.74) is 0.445. The van der Waals surface area contributed by atoms with Crippen molar-refractivity contribution in [3.8, 4) is 0 Å². The molecular formula is C15H28N2. The molecule has 1 atom stereocenters. The van der Waals surface area contributed by atoms with E-state index in [1.165, 1.54) is 51.6 Å². The van der Waals surface area contributed by atoms with Gasteiger partial charge >= 0.3 is 0 Å². The molecular weight excluding hydrogens is 208 g/mol. The smallest absolute Gasteiger partial charge is 0.0365 e. The summed E-state index contributed by atoms with van der Waals surface area (Å²) in [5.74, 6) is 0. The largest absolute Gasteiger partial charge is 0.312 e. The molecule has 2 rings (SSSR count). The predicted octanol–water partition coefficient (Wildman–Crippen LogP) is 2.95. The van der Waals surface area contributed by atoms with E-state index in [2.05, 4.69) is 29.8 Å². The van der Waals surface area contributed by atoms with Crippen molar-refractivity contribution in [1.29, 1.82) is 0 Å². The summed E-state index contributed by atoms with van der Waals surface area (Å²) in [6, 6.07) is 0.616. The molecule has 98 valence electrons. The summed E-state index contributed by atoms with van der Waals surface area (Å²) in [7, 11) is 0. The van der Waals surface area contributed by atoms with Gasteiger partial charge in [-0.3, -0.25) is 4.90 Å². The molecule has 1 heterocycles. The first-order chi connectivity index (χ1) is 8.33. The molecule has 0 aromatic rings. The molecule has 2 heteroatoms. The Morgan fingerprint density at radius 2 is 1.88 bits per heavy atom. The van der Waals surface area contributed by atoms with E-state index in [1.54, 1.807) is 0 Å². The van der Waals surface area contributed by atoms with Gasteiger partial charge in [0.1, 0.15) is 0 Å². The molecule has 17 heavy (non-hydrogen) atoms. The molecule has 1 saturated carbocycles. The summed E-state index contributed by atoms with van der Waals surface area (Å²) in [6.45, 7) is 9.89. The van der Waals surface area contributed by atoms with Crippen LogP contribution in [-0.2, 0) is 0 Å². The van der Waals surface area contributed by atoms with Crippen LogP contribution in [0.3, 0.4) is 0 Å². The maximum atomic E-state index is 3.95. The summed E-state index contributed by atoms with van der Waals surface area (Å²) >= 11 is 0.